The number of thioether (sulfide) groups is 1. The van der Waals surface area contributed by atoms with Crippen LogP contribution in [0.5, 0.6) is 0 Å². The lowest BCUT2D eigenvalue weighted by Crippen LogP contribution is -2.02. The first-order valence-electron chi connectivity index (χ1n) is 8.72. The normalized spacial score (nSPS) is 11.0. The molecule has 0 saturated carbocycles. The van der Waals surface area contributed by atoms with Crippen LogP contribution in [0.4, 0.5) is 0 Å². The first-order chi connectivity index (χ1) is 14.0. The van der Waals surface area contributed by atoms with E-state index >= 15 is 0 Å². The zero-order chi connectivity index (χ0) is 20.4. The molecule has 0 aliphatic heterocycles. The van der Waals surface area contributed by atoms with E-state index in [0.717, 1.165) is 33.4 Å². The summed E-state index contributed by atoms with van der Waals surface area (Å²) in [6.45, 7) is 1.98. The largest absolute Gasteiger partial charge is 0.270 e. The molecule has 0 atom stereocenters. The fraction of sp³-hybridized carbons (Fsp3) is 0.0952. The Labute approximate surface area is 187 Å². The van der Waals surface area contributed by atoms with Crippen molar-refractivity contribution in [3.05, 3.63) is 87.1 Å². The Morgan fingerprint density at radius 3 is 2.48 bits per heavy atom. The molecule has 0 bridgehead atoms. The van der Waals surface area contributed by atoms with E-state index in [2.05, 4.69) is 15.2 Å². The van der Waals surface area contributed by atoms with Gasteiger partial charge in [0, 0.05) is 38.8 Å². The average Bonchev–Trinajstić information content (AvgIpc) is 3.14. The monoisotopic (exact) mass is 460 g/mol. The van der Waals surface area contributed by atoms with Crippen LogP contribution in [0.1, 0.15) is 11.1 Å². The van der Waals surface area contributed by atoms with Crippen LogP contribution in [0.2, 0.25) is 15.1 Å². The molecule has 146 valence electrons. The Hall–Kier alpha value is -2.05. The van der Waals surface area contributed by atoms with Crippen molar-refractivity contribution in [3.8, 4) is 17.1 Å². The minimum Gasteiger partial charge on any atom is -0.270 e. The maximum Gasteiger partial charge on any atom is 0.196 e. The first-order valence-corrected chi connectivity index (χ1v) is 10.8. The van der Waals surface area contributed by atoms with Gasteiger partial charge >= 0.3 is 0 Å². The van der Waals surface area contributed by atoms with Gasteiger partial charge in [-0.05, 0) is 54.4 Å². The summed E-state index contributed by atoms with van der Waals surface area (Å²) in [5.74, 6) is 1.35. The van der Waals surface area contributed by atoms with Crippen LogP contribution >= 0.6 is 46.6 Å². The smallest absolute Gasteiger partial charge is 0.196 e. The third-order valence-electron chi connectivity index (χ3n) is 4.42. The topological polar surface area (TPSA) is 43.6 Å². The van der Waals surface area contributed by atoms with E-state index in [1.807, 2.05) is 54.0 Å². The highest BCUT2D eigenvalue weighted by Crippen LogP contribution is 2.34. The highest BCUT2D eigenvalue weighted by atomic mass is 35.5. The van der Waals surface area contributed by atoms with Gasteiger partial charge in [-0.3, -0.25) is 9.55 Å². The highest BCUT2D eigenvalue weighted by molar-refractivity contribution is 7.98. The summed E-state index contributed by atoms with van der Waals surface area (Å²) in [7, 11) is 0. The summed E-state index contributed by atoms with van der Waals surface area (Å²) in [5, 5.41) is 11.6. The predicted octanol–water partition coefficient (Wildman–Crippen LogP) is 6.89. The van der Waals surface area contributed by atoms with Crippen LogP contribution in [-0.2, 0) is 5.75 Å². The van der Waals surface area contributed by atoms with Crippen molar-refractivity contribution in [2.45, 2.75) is 17.8 Å². The van der Waals surface area contributed by atoms with E-state index in [0.29, 0.717) is 20.8 Å². The van der Waals surface area contributed by atoms with Crippen molar-refractivity contribution in [2.75, 3.05) is 0 Å². The molecular weight excluding hydrogens is 447 g/mol. The third kappa shape index (κ3) is 4.28. The van der Waals surface area contributed by atoms with Gasteiger partial charge in [0.1, 0.15) is 0 Å². The fourth-order valence-electron chi connectivity index (χ4n) is 2.89. The Bertz CT molecular complexity index is 1160. The quantitative estimate of drug-likeness (QED) is 0.303. The number of pyridine rings is 1. The van der Waals surface area contributed by atoms with Crippen molar-refractivity contribution in [1.82, 2.24) is 19.7 Å². The molecule has 8 heteroatoms. The lowest BCUT2D eigenvalue weighted by molar-refractivity contribution is 0.880. The second-order valence-electron chi connectivity index (χ2n) is 6.29. The molecule has 0 spiro atoms. The van der Waals surface area contributed by atoms with Gasteiger partial charge in [-0.15, -0.1) is 10.2 Å². The Morgan fingerprint density at radius 1 is 0.931 bits per heavy atom. The second-order valence-corrected chi connectivity index (χ2v) is 8.48. The molecule has 4 aromatic rings. The second kappa shape index (κ2) is 8.76. The molecular formula is C21H15Cl3N4S. The van der Waals surface area contributed by atoms with Crippen LogP contribution in [0.3, 0.4) is 0 Å². The van der Waals surface area contributed by atoms with Crippen molar-refractivity contribution < 1.29 is 0 Å². The van der Waals surface area contributed by atoms with Gasteiger partial charge in [0.25, 0.3) is 0 Å². The van der Waals surface area contributed by atoms with Crippen LogP contribution in [-0.4, -0.2) is 19.7 Å². The maximum atomic E-state index is 6.39. The Kier molecular flexibility index (Phi) is 6.11. The lowest BCUT2D eigenvalue weighted by Gasteiger charge is -2.14. The van der Waals surface area contributed by atoms with E-state index in [4.69, 9.17) is 34.8 Å². The minimum absolute atomic E-state index is 0.612. The minimum atomic E-state index is 0.612. The summed E-state index contributed by atoms with van der Waals surface area (Å²) >= 11 is 20.3. The molecule has 0 saturated heterocycles. The van der Waals surface area contributed by atoms with E-state index < -0.39 is 0 Å². The standard InChI is InChI=1S/C21H15Cl3N4S/c1-13-17(23)3-2-4-19(13)28-20(14-7-9-25-10-8-14)26-27-21(28)29-12-15-5-6-16(22)11-18(15)24/h2-11H,12H2,1H3. The maximum absolute atomic E-state index is 6.39. The van der Waals surface area contributed by atoms with E-state index in [9.17, 15) is 0 Å². The van der Waals surface area contributed by atoms with E-state index in [1.54, 1.807) is 30.2 Å². The first kappa shape index (κ1) is 20.2. The lowest BCUT2D eigenvalue weighted by atomic mass is 10.2. The van der Waals surface area contributed by atoms with Crippen molar-refractivity contribution >= 4 is 46.6 Å². The molecule has 29 heavy (non-hydrogen) atoms. The van der Waals surface area contributed by atoms with Crippen molar-refractivity contribution in [2.24, 2.45) is 0 Å². The van der Waals surface area contributed by atoms with Crippen LogP contribution < -0.4 is 0 Å². The van der Waals surface area contributed by atoms with Gasteiger partial charge in [0.2, 0.25) is 0 Å². The third-order valence-corrected chi connectivity index (χ3v) is 6.40. The van der Waals surface area contributed by atoms with Crippen molar-refractivity contribution in [1.29, 1.82) is 0 Å². The zero-order valence-electron chi connectivity index (χ0n) is 15.3. The summed E-state index contributed by atoms with van der Waals surface area (Å²) in [6, 6.07) is 15.1. The molecule has 0 aliphatic carbocycles. The molecule has 2 aromatic heterocycles. The summed E-state index contributed by atoms with van der Waals surface area (Å²) in [6.07, 6.45) is 3.47. The molecule has 2 heterocycles. The molecule has 0 unspecified atom stereocenters. The number of hydrogen-bond acceptors (Lipinski definition) is 4. The Balaban J connectivity index is 1.78. The fourth-order valence-corrected chi connectivity index (χ4v) is 4.56. The average molecular weight is 462 g/mol. The van der Waals surface area contributed by atoms with Crippen LogP contribution in [0.25, 0.3) is 17.1 Å². The SMILES string of the molecule is Cc1c(Cl)cccc1-n1c(SCc2ccc(Cl)cc2Cl)nnc1-c1ccncc1. The molecule has 0 N–H and O–H groups in total. The van der Waals surface area contributed by atoms with Gasteiger partial charge in [-0.1, -0.05) is 58.7 Å². The van der Waals surface area contributed by atoms with Gasteiger partial charge in [0.15, 0.2) is 11.0 Å². The van der Waals surface area contributed by atoms with Gasteiger partial charge < -0.3 is 0 Å². The number of benzene rings is 2. The number of hydrogen-bond donors (Lipinski definition) is 0. The van der Waals surface area contributed by atoms with E-state index in [-0.39, 0.29) is 0 Å². The molecule has 2 aromatic carbocycles. The van der Waals surface area contributed by atoms with Crippen molar-refractivity contribution in [3.63, 3.8) is 0 Å². The highest BCUT2D eigenvalue weighted by Gasteiger charge is 2.19. The van der Waals surface area contributed by atoms with Crippen LogP contribution in [0, 0.1) is 6.92 Å². The van der Waals surface area contributed by atoms with Gasteiger partial charge in [-0.2, -0.15) is 0 Å². The summed E-state index contributed by atoms with van der Waals surface area (Å²) in [5.41, 5.74) is 3.78. The van der Waals surface area contributed by atoms with Gasteiger partial charge in [0.05, 0.1) is 5.69 Å². The molecule has 0 amide bonds. The summed E-state index contributed by atoms with van der Waals surface area (Å²) < 4.78 is 2.02. The molecule has 4 nitrogen and oxygen atoms in total. The number of halogens is 3. The van der Waals surface area contributed by atoms with E-state index in [1.165, 1.54) is 0 Å². The Morgan fingerprint density at radius 2 is 1.72 bits per heavy atom. The van der Waals surface area contributed by atoms with Crippen LogP contribution in [0.15, 0.2) is 66.1 Å². The summed E-state index contributed by atoms with van der Waals surface area (Å²) in [4.78, 5) is 4.10. The molecule has 4 rings (SSSR count). The zero-order valence-corrected chi connectivity index (χ0v) is 18.4. The van der Waals surface area contributed by atoms with Gasteiger partial charge in [-0.25, -0.2) is 0 Å². The number of aromatic nitrogens is 4. The number of nitrogens with zero attached hydrogens (tertiary/aromatic N) is 4. The number of rotatable bonds is 5. The predicted molar refractivity (Wildman–Crippen MR) is 120 cm³/mol. The molecule has 0 radical (unpaired) electrons. The molecule has 0 fully saturated rings. The molecule has 0 aliphatic rings.